The number of hydrogen-bond acceptors (Lipinski definition) is 4. The molecule has 18 heavy (non-hydrogen) atoms. The van der Waals surface area contributed by atoms with Crippen molar-refractivity contribution in [2.24, 2.45) is 0 Å². The number of carbonyl (C=O) groups excluding carboxylic acids is 2. The molecule has 2 heterocycles. The van der Waals surface area contributed by atoms with E-state index in [2.05, 4.69) is 4.98 Å². The number of cyclic esters (lactones) is 1. The van der Waals surface area contributed by atoms with Crippen molar-refractivity contribution in [2.45, 2.75) is 12.5 Å². The maximum atomic E-state index is 12.0. The lowest BCUT2D eigenvalue weighted by Gasteiger charge is -2.07. The number of rotatable bonds is 2. The molecule has 1 fully saturated rings. The molecule has 2 aromatic rings. The zero-order valence-electron chi connectivity index (χ0n) is 9.51. The summed E-state index contributed by atoms with van der Waals surface area (Å²) < 4.78 is 9.89. The molecule has 0 bridgehead atoms. The predicted molar refractivity (Wildman–Crippen MR) is 63.1 cm³/mol. The number of aromatic amines is 1. The van der Waals surface area contributed by atoms with Crippen LogP contribution in [0.5, 0.6) is 0 Å². The topological polar surface area (TPSA) is 68.4 Å². The van der Waals surface area contributed by atoms with Gasteiger partial charge >= 0.3 is 11.9 Å². The number of nitrogens with one attached hydrogen (secondary N) is 1. The minimum atomic E-state index is -0.772. The monoisotopic (exact) mass is 245 g/mol. The van der Waals surface area contributed by atoms with Crippen LogP contribution in [0.4, 0.5) is 0 Å². The molecule has 5 nitrogen and oxygen atoms in total. The average molecular weight is 245 g/mol. The van der Waals surface area contributed by atoms with Gasteiger partial charge in [-0.3, -0.25) is 0 Å². The Morgan fingerprint density at radius 2 is 2.22 bits per heavy atom. The van der Waals surface area contributed by atoms with Gasteiger partial charge in [-0.15, -0.1) is 0 Å². The highest BCUT2D eigenvalue weighted by Crippen LogP contribution is 2.20. The van der Waals surface area contributed by atoms with Gasteiger partial charge in [0.05, 0.1) is 12.2 Å². The van der Waals surface area contributed by atoms with Crippen molar-refractivity contribution in [2.75, 3.05) is 6.61 Å². The lowest BCUT2D eigenvalue weighted by Crippen LogP contribution is -2.22. The Balaban J connectivity index is 1.86. The molecule has 0 saturated carbocycles. The van der Waals surface area contributed by atoms with Gasteiger partial charge < -0.3 is 14.5 Å². The fourth-order valence-corrected chi connectivity index (χ4v) is 2.02. The van der Waals surface area contributed by atoms with Crippen molar-refractivity contribution in [1.29, 1.82) is 0 Å². The molecule has 1 atom stereocenters. The highest BCUT2D eigenvalue weighted by atomic mass is 16.6. The van der Waals surface area contributed by atoms with E-state index in [1.165, 1.54) is 0 Å². The summed E-state index contributed by atoms with van der Waals surface area (Å²) >= 11 is 0. The van der Waals surface area contributed by atoms with E-state index in [4.69, 9.17) is 9.47 Å². The average Bonchev–Trinajstić information content (AvgIpc) is 2.96. The molecule has 1 aliphatic rings. The van der Waals surface area contributed by atoms with Gasteiger partial charge in [0.15, 0.2) is 0 Å². The Kier molecular flexibility index (Phi) is 2.51. The smallest absolute Gasteiger partial charge is 0.347 e. The molecule has 1 N–H and O–H groups in total. The van der Waals surface area contributed by atoms with Crippen LogP contribution < -0.4 is 0 Å². The first-order chi connectivity index (χ1) is 8.75. The number of H-pyrrole nitrogens is 1. The highest BCUT2D eigenvalue weighted by Gasteiger charge is 2.31. The van der Waals surface area contributed by atoms with Crippen LogP contribution in [0.2, 0.25) is 0 Å². The van der Waals surface area contributed by atoms with Crippen LogP contribution in [0.3, 0.4) is 0 Å². The lowest BCUT2D eigenvalue weighted by atomic mass is 10.2. The molecule has 0 aliphatic carbocycles. The quantitative estimate of drug-likeness (QED) is 0.817. The van der Waals surface area contributed by atoms with Crippen LogP contribution in [-0.2, 0) is 14.3 Å². The second-order valence-electron chi connectivity index (χ2n) is 4.10. The van der Waals surface area contributed by atoms with Crippen molar-refractivity contribution in [1.82, 2.24) is 4.98 Å². The van der Waals surface area contributed by atoms with Crippen LogP contribution in [-0.4, -0.2) is 29.6 Å². The van der Waals surface area contributed by atoms with E-state index in [1.54, 1.807) is 6.20 Å². The van der Waals surface area contributed by atoms with E-state index in [1.807, 2.05) is 24.3 Å². The summed E-state index contributed by atoms with van der Waals surface area (Å²) in [7, 11) is 0. The van der Waals surface area contributed by atoms with Crippen LogP contribution in [0.15, 0.2) is 30.5 Å². The van der Waals surface area contributed by atoms with E-state index in [9.17, 15) is 9.59 Å². The maximum absolute atomic E-state index is 12.0. The van der Waals surface area contributed by atoms with Crippen molar-refractivity contribution in [3.63, 3.8) is 0 Å². The van der Waals surface area contributed by atoms with Gasteiger partial charge in [-0.1, -0.05) is 18.2 Å². The standard InChI is InChI=1S/C13H11NO4/c15-12(18-11-5-6-17-13(11)16)9-7-14-10-4-2-1-3-8(9)10/h1-4,7,11,14H,5-6H2/t11-/m0/s1. The molecule has 0 radical (unpaired) electrons. The lowest BCUT2D eigenvalue weighted by molar-refractivity contribution is -0.145. The number of fused-ring (bicyclic) bond motifs is 1. The largest absolute Gasteiger partial charge is 0.463 e. The van der Waals surface area contributed by atoms with Crippen molar-refractivity contribution in [3.8, 4) is 0 Å². The molecule has 5 heteroatoms. The summed E-state index contributed by atoms with van der Waals surface area (Å²) in [5.74, 6) is -0.973. The van der Waals surface area contributed by atoms with Crippen LogP contribution in [0, 0.1) is 0 Å². The first-order valence-electron chi connectivity index (χ1n) is 5.69. The fourth-order valence-electron chi connectivity index (χ4n) is 2.02. The first-order valence-corrected chi connectivity index (χ1v) is 5.69. The van der Waals surface area contributed by atoms with Gasteiger partial charge in [-0.2, -0.15) is 0 Å². The van der Waals surface area contributed by atoms with Gasteiger partial charge in [0.25, 0.3) is 0 Å². The van der Waals surface area contributed by atoms with Crippen LogP contribution in [0.25, 0.3) is 10.9 Å². The van der Waals surface area contributed by atoms with Crippen LogP contribution >= 0.6 is 0 Å². The van der Waals surface area contributed by atoms with Gasteiger partial charge in [0.2, 0.25) is 6.10 Å². The van der Waals surface area contributed by atoms with E-state index in [-0.39, 0.29) is 0 Å². The van der Waals surface area contributed by atoms with E-state index in [0.29, 0.717) is 18.6 Å². The number of aromatic nitrogens is 1. The Hall–Kier alpha value is -2.30. The third kappa shape index (κ3) is 1.73. The number of para-hydroxylation sites is 1. The number of hydrogen-bond donors (Lipinski definition) is 1. The third-order valence-corrected chi connectivity index (χ3v) is 2.95. The molecule has 3 rings (SSSR count). The molecule has 0 spiro atoms. The number of benzene rings is 1. The summed E-state index contributed by atoms with van der Waals surface area (Å²) in [5.41, 5.74) is 1.30. The van der Waals surface area contributed by atoms with E-state index < -0.39 is 18.0 Å². The minimum absolute atomic E-state index is 0.310. The predicted octanol–water partition coefficient (Wildman–Crippen LogP) is 1.64. The summed E-state index contributed by atoms with van der Waals surface area (Å²) in [5, 5.41) is 0.786. The third-order valence-electron chi connectivity index (χ3n) is 2.95. The molecule has 1 aliphatic heterocycles. The zero-order chi connectivity index (χ0) is 12.5. The summed E-state index contributed by atoms with van der Waals surface area (Å²) in [4.78, 5) is 26.2. The molecule has 92 valence electrons. The van der Waals surface area contributed by atoms with Crippen molar-refractivity contribution < 1.29 is 19.1 Å². The molecular weight excluding hydrogens is 234 g/mol. The minimum Gasteiger partial charge on any atom is -0.463 e. The fraction of sp³-hybridized carbons (Fsp3) is 0.231. The van der Waals surface area contributed by atoms with Gasteiger partial charge in [-0.25, -0.2) is 9.59 Å². The van der Waals surface area contributed by atoms with E-state index >= 15 is 0 Å². The SMILES string of the molecule is O=C(O[C@H]1CCOC1=O)c1c[nH]c2ccccc12. The molecule has 0 unspecified atom stereocenters. The second kappa shape index (κ2) is 4.18. The summed E-state index contributed by atoms with van der Waals surface area (Å²) in [6, 6.07) is 7.42. The van der Waals surface area contributed by atoms with Crippen molar-refractivity contribution >= 4 is 22.8 Å². The Bertz CT molecular complexity index is 616. The number of ether oxygens (including phenoxy) is 2. The zero-order valence-corrected chi connectivity index (χ0v) is 9.51. The molecule has 0 amide bonds. The van der Waals surface area contributed by atoms with Gasteiger partial charge in [0, 0.05) is 23.5 Å². The van der Waals surface area contributed by atoms with Crippen molar-refractivity contribution in [3.05, 3.63) is 36.0 Å². The number of carbonyl (C=O) groups is 2. The highest BCUT2D eigenvalue weighted by molar-refractivity contribution is 6.04. The Labute approximate surface area is 103 Å². The maximum Gasteiger partial charge on any atom is 0.347 e. The normalized spacial score (nSPS) is 18.9. The van der Waals surface area contributed by atoms with Gasteiger partial charge in [0.1, 0.15) is 0 Å². The van der Waals surface area contributed by atoms with E-state index in [0.717, 1.165) is 10.9 Å². The summed E-state index contributed by atoms with van der Waals surface area (Å²) in [6.45, 7) is 0.310. The molecule has 1 aromatic carbocycles. The van der Waals surface area contributed by atoms with Gasteiger partial charge in [-0.05, 0) is 6.07 Å². The molecule has 1 saturated heterocycles. The first kappa shape index (κ1) is 10.8. The Morgan fingerprint density at radius 1 is 1.39 bits per heavy atom. The summed E-state index contributed by atoms with van der Waals surface area (Å²) in [6.07, 6.45) is 1.24. The molecule has 1 aromatic heterocycles. The second-order valence-corrected chi connectivity index (χ2v) is 4.10. The number of esters is 2. The Morgan fingerprint density at radius 3 is 3.00 bits per heavy atom. The molecular formula is C13H11NO4. The van der Waals surface area contributed by atoms with Crippen LogP contribution in [0.1, 0.15) is 16.8 Å².